The maximum Gasteiger partial charge on any atom is 0.183 e. The van der Waals surface area contributed by atoms with E-state index in [1.807, 2.05) is 56.0 Å². The van der Waals surface area contributed by atoms with E-state index in [-0.39, 0.29) is 6.10 Å². The summed E-state index contributed by atoms with van der Waals surface area (Å²) < 4.78 is 6.17. The van der Waals surface area contributed by atoms with Gasteiger partial charge in [-0.2, -0.15) is 5.26 Å². The number of aliphatic hydroxyl groups is 1. The Morgan fingerprint density at radius 1 is 1.19 bits per heavy atom. The molecular formula is C24H29N5O2S. The van der Waals surface area contributed by atoms with E-state index in [1.54, 1.807) is 11.1 Å². The van der Waals surface area contributed by atoms with Crippen molar-refractivity contribution in [2.24, 2.45) is 0 Å². The first-order chi connectivity index (χ1) is 15.2. The smallest absolute Gasteiger partial charge is 0.183 e. The molecule has 0 radical (unpaired) electrons. The van der Waals surface area contributed by atoms with Gasteiger partial charge in [-0.15, -0.1) is 0 Å². The maximum absolute atomic E-state index is 11.2. The van der Waals surface area contributed by atoms with E-state index in [0.717, 1.165) is 42.9 Å². The molecule has 0 bridgehead atoms. The van der Waals surface area contributed by atoms with Crippen LogP contribution in [0.2, 0.25) is 0 Å². The van der Waals surface area contributed by atoms with Gasteiger partial charge in [-0.25, -0.2) is 4.98 Å². The summed E-state index contributed by atoms with van der Waals surface area (Å²) in [5.41, 5.74) is 1.98. The molecule has 2 fully saturated rings. The zero-order chi connectivity index (χ0) is 23.0. The van der Waals surface area contributed by atoms with E-state index >= 15 is 0 Å². The Hall–Kier alpha value is -2.73. The molecule has 1 unspecified atom stereocenters. The molecular weight excluding hydrogens is 422 g/mol. The quantitative estimate of drug-likeness (QED) is 0.709. The number of rotatable bonds is 4. The van der Waals surface area contributed by atoms with Gasteiger partial charge in [0.15, 0.2) is 11.3 Å². The Morgan fingerprint density at radius 3 is 2.44 bits per heavy atom. The second kappa shape index (κ2) is 8.66. The number of piperidine rings is 1. The third kappa shape index (κ3) is 4.04. The number of hydrogen-bond acceptors (Lipinski definition) is 6. The van der Waals surface area contributed by atoms with Crippen LogP contribution in [0.1, 0.15) is 37.9 Å². The molecule has 4 rings (SSSR count). The Labute approximate surface area is 194 Å². The molecule has 0 saturated carbocycles. The standard InChI is InChI=1S/C24H29N5O2S/c1-16-13-18(15-26-21(16)14-25)28-22(30)24(2,3)29(23(28)32)17-5-7-19(8-6-17)31-20-9-11-27(4)12-10-20/h5-8,13,15,20,22,30H,9-12H2,1-4H3. The van der Waals surface area contributed by atoms with Crippen molar-refractivity contribution in [2.45, 2.75) is 51.5 Å². The minimum Gasteiger partial charge on any atom is -0.490 e. The van der Waals surface area contributed by atoms with Crippen molar-refractivity contribution in [1.29, 1.82) is 5.26 Å². The summed E-state index contributed by atoms with van der Waals surface area (Å²) in [5, 5.41) is 20.8. The number of nitrogens with zero attached hydrogens (tertiary/aromatic N) is 5. The number of pyridine rings is 1. The number of thiocarbonyl (C=S) groups is 1. The largest absolute Gasteiger partial charge is 0.490 e. The van der Waals surface area contributed by atoms with Gasteiger partial charge in [-0.1, -0.05) is 0 Å². The molecule has 8 heteroatoms. The molecule has 2 aromatic rings. The third-order valence-electron chi connectivity index (χ3n) is 6.36. The van der Waals surface area contributed by atoms with E-state index in [9.17, 15) is 5.11 Å². The second-order valence-electron chi connectivity index (χ2n) is 9.10. The van der Waals surface area contributed by atoms with Gasteiger partial charge in [0.1, 0.15) is 23.6 Å². The van der Waals surface area contributed by atoms with Crippen molar-refractivity contribution in [3.05, 3.63) is 47.8 Å². The molecule has 0 aliphatic carbocycles. The highest BCUT2D eigenvalue weighted by Crippen LogP contribution is 2.39. The lowest BCUT2D eigenvalue weighted by atomic mass is 10.0. The molecule has 1 N–H and O–H groups in total. The molecule has 3 heterocycles. The first-order valence-electron chi connectivity index (χ1n) is 10.9. The van der Waals surface area contributed by atoms with Gasteiger partial charge < -0.3 is 19.6 Å². The molecule has 1 aromatic carbocycles. The minimum atomic E-state index is -0.876. The summed E-state index contributed by atoms with van der Waals surface area (Å²) in [6.07, 6.45) is 3.01. The molecule has 168 valence electrons. The number of aromatic nitrogens is 1. The van der Waals surface area contributed by atoms with Crippen LogP contribution >= 0.6 is 12.2 Å². The van der Waals surface area contributed by atoms with Crippen LogP contribution in [0.4, 0.5) is 11.4 Å². The highest BCUT2D eigenvalue weighted by atomic mass is 32.1. The lowest BCUT2D eigenvalue weighted by Gasteiger charge is -2.33. The molecule has 2 aliphatic rings. The van der Waals surface area contributed by atoms with Crippen molar-refractivity contribution in [1.82, 2.24) is 9.88 Å². The summed E-state index contributed by atoms with van der Waals surface area (Å²) in [6.45, 7) is 7.84. The van der Waals surface area contributed by atoms with Crippen LogP contribution in [-0.2, 0) is 0 Å². The summed E-state index contributed by atoms with van der Waals surface area (Å²) >= 11 is 5.79. The lowest BCUT2D eigenvalue weighted by molar-refractivity contribution is 0.114. The Bertz CT molecular complexity index is 1040. The first kappa shape index (κ1) is 22.5. The van der Waals surface area contributed by atoms with Crippen LogP contribution in [0.5, 0.6) is 5.75 Å². The van der Waals surface area contributed by atoms with Crippen LogP contribution < -0.4 is 14.5 Å². The van der Waals surface area contributed by atoms with Crippen LogP contribution in [0.15, 0.2) is 36.5 Å². The number of ether oxygens (including phenoxy) is 1. The van der Waals surface area contributed by atoms with Crippen LogP contribution in [0.3, 0.4) is 0 Å². The van der Waals surface area contributed by atoms with Crippen molar-refractivity contribution in [3.63, 3.8) is 0 Å². The van der Waals surface area contributed by atoms with Crippen LogP contribution in [-0.4, -0.2) is 58.1 Å². The van der Waals surface area contributed by atoms with Gasteiger partial charge in [0.25, 0.3) is 0 Å². The molecule has 2 aliphatic heterocycles. The number of nitriles is 1. The summed E-state index contributed by atoms with van der Waals surface area (Å²) in [7, 11) is 2.14. The number of aryl methyl sites for hydroxylation is 1. The fourth-order valence-electron chi connectivity index (χ4n) is 4.36. The van der Waals surface area contributed by atoms with E-state index in [1.165, 1.54) is 0 Å². The zero-order valence-electron chi connectivity index (χ0n) is 18.9. The summed E-state index contributed by atoms with van der Waals surface area (Å²) in [5.74, 6) is 0.843. The average molecular weight is 452 g/mol. The molecule has 7 nitrogen and oxygen atoms in total. The Balaban J connectivity index is 1.56. The van der Waals surface area contributed by atoms with Gasteiger partial charge in [0.2, 0.25) is 0 Å². The molecule has 2 saturated heterocycles. The van der Waals surface area contributed by atoms with Crippen molar-refractivity contribution >= 4 is 28.7 Å². The lowest BCUT2D eigenvalue weighted by Crippen LogP contribution is -2.47. The topological polar surface area (TPSA) is 75.9 Å². The van der Waals surface area contributed by atoms with E-state index in [2.05, 4.69) is 23.0 Å². The normalized spacial score (nSPS) is 21.6. The van der Waals surface area contributed by atoms with Gasteiger partial charge in [0.05, 0.1) is 17.4 Å². The number of aliphatic hydroxyl groups excluding tert-OH is 1. The molecule has 0 spiro atoms. The maximum atomic E-state index is 11.2. The fraction of sp³-hybridized carbons (Fsp3) is 0.458. The SMILES string of the molecule is Cc1cc(N2C(=S)N(c3ccc(OC4CCN(C)CC4)cc3)C(C)(C)C2O)cnc1C#N. The highest BCUT2D eigenvalue weighted by Gasteiger charge is 2.50. The zero-order valence-corrected chi connectivity index (χ0v) is 19.8. The highest BCUT2D eigenvalue weighted by molar-refractivity contribution is 7.80. The van der Waals surface area contributed by atoms with Gasteiger partial charge in [0, 0.05) is 18.8 Å². The van der Waals surface area contributed by atoms with Gasteiger partial charge in [-0.3, -0.25) is 4.90 Å². The van der Waals surface area contributed by atoms with E-state index < -0.39 is 11.8 Å². The van der Waals surface area contributed by atoms with Crippen molar-refractivity contribution in [3.8, 4) is 11.8 Å². The molecule has 1 atom stereocenters. The van der Waals surface area contributed by atoms with Crippen LogP contribution in [0, 0.1) is 18.3 Å². The third-order valence-corrected chi connectivity index (χ3v) is 6.74. The summed E-state index contributed by atoms with van der Waals surface area (Å²) in [4.78, 5) is 10.2. The Kier molecular flexibility index (Phi) is 6.08. The molecule has 1 aromatic heterocycles. The minimum absolute atomic E-state index is 0.241. The molecule has 0 amide bonds. The van der Waals surface area contributed by atoms with Crippen LogP contribution in [0.25, 0.3) is 0 Å². The average Bonchev–Trinajstić information content (AvgIpc) is 2.94. The van der Waals surface area contributed by atoms with Gasteiger partial charge >= 0.3 is 0 Å². The summed E-state index contributed by atoms with van der Waals surface area (Å²) in [6, 6.07) is 11.8. The monoisotopic (exact) mass is 451 g/mol. The van der Waals surface area contributed by atoms with Crippen molar-refractivity contribution in [2.75, 3.05) is 29.9 Å². The van der Waals surface area contributed by atoms with Gasteiger partial charge in [-0.05, 0) is 88.8 Å². The Morgan fingerprint density at radius 2 is 1.84 bits per heavy atom. The van der Waals surface area contributed by atoms with Crippen molar-refractivity contribution < 1.29 is 9.84 Å². The first-order valence-corrected chi connectivity index (χ1v) is 11.3. The predicted molar refractivity (Wildman–Crippen MR) is 129 cm³/mol. The van der Waals surface area contributed by atoms with E-state index in [0.29, 0.717) is 16.5 Å². The predicted octanol–water partition coefficient (Wildman–Crippen LogP) is 3.44. The number of hydrogen-bond donors (Lipinski definition) is 1. The number of likely N-dealkylation sites (tertiary alicyclic amines) is 1. The van der Waals surface area contributed by atoms with E-state index in [4.69, 9.17) is 22.2 Å². The fourth-order valence-corrected chi connectivity index (χ4v) is 4.91. The number of anilines is 2. The molecule has 32 heavy (non-hydrogen) atoms. The second-order valence-corrected chi connectivity index (χ2v) is 9.47. The number of benzene rings is 1.